The highest BCUT2D eigenvalue weighted by atomic mass is 16.5. The largest absolute Gasteiger partial charge is 0.468 e. The molecule has 0 radical (unpaired) electrons. The number of carbonyl (C=O) groups is 2. The van der Waals surface area contributed by atoms with E-state index < -0.39 is 11.9 Å². The van der Waals surface area contributed by atoms with Crippen molar-refractivity contribution < 1.29 is 14.3 Å². The maximum absolute atomic E-state index is 12.2. The number of ether oxygens (including phenoxy) is 1. The Kier molecular flexibility index (Phi) is 5.12. The number of aromatic nitrogens is 2. The number of nitrogens with zero attached hydrogens (tertiary/aromatic N) is 2. The van der Waals surface area contributed by atoms with Gasteiger partial charge in [-0.3, -0.25) is 9.59 Å². The van der Waals surface area contributed by atoms with Crippen LogP contribution in [0.2, 0.25) is 0 Å². The van der Waals surface area contributed by atoms with Crippen LogP contribution >= 0.6 is 0 Å². The van der Waals surface area contributed by atoms with Crippen molar-refractivity contribution >= 4 is 11.8 Å². The number of aryl methyl sites for hydroxylation is 1. The first-order valence-electron chi connectivity index (χ1n) is 5.64. The molecule has 0 saturated heterocycles. The minimum Gasteiger partial charge on any atom is -0.468 e. The zero-order chi connectivity index (χ0) is 13.5. The zero-order valence-corrected chi connectivity index (χ0v) is 10.5. The number of terminal acetylenes is 1. The predicted molar refractivity (Wildman–Crippen MR) is 65.7 cm³/mol. The van der Waals surface area contributed by atoms with Gasteiger partial charge < -0.3 is 9.30 Å². The van der Waals surface area contributed by atoms with Crippen LogP contribution in [0.3, 0.4) is 0 Å². The predicted octanol–water partition coefficient (Wildman–Crippen LogP) is 1.20. The van der Waals surface area contributed by atoms with Crippen molar-refractivity contribution in [2.45, 2.75) is 19.3 Å². The number of rotatable bonds is 6. The average Bonchev–Trinajstić information content (AvgIpc) is 2.79. The molecule has 1 rings (SSSR count). The van der Waals surface area contributed by atoms with Gasteiger partial charge in [0.05, 0.1) is 7.11 Å². The summed E-state index contributed by atoms with van der Waals surface area (Å²) in [7, 11) is 2.97. The minimum absolute atomic E-state index is 0.256. The Hall–Kier alpha value is -2.09. The Morgan fingerprint density at radius 1 is 1.61 bits per heavy atom. The lowest BCUT2D eigenvalue weighted by molar-refractivity contribution is -0.143. The van der Waals surface area contributed by atoms with E-state index in [0.717, 1.165) is 0 Å². The van der Waals surface area contributed by atoms with Crippen LogP contribution in [-0.4, -0.2) is 28.4 Å². The normalized spacial score (nSPS) is 11.6. The summed E-state index contributed by atoms with van der Waals surface area (Å²) >= 11 is 0. The van der Waals surface area contributed by atoms with E-state index in [1.807, 2.05) is 0 Å². The third-order valence-electron chi connectivity index (χ3n) is 2.66. The molecule has 1 aromatic heterocycles. The van der Waals surface area contributed by atoms with Gasteiger partial charge >= 0.3 is 5.97 Å². The summed E-state index contributed by atoms with van der Waals surface area (Å²) in [5.41, 5.74) is 0. The second-order valence-electron chi connectivity index (χ2n) is 3.90. The van der Waals surface area contributed by atoms with Gasteiger partial charge in [-0.2, -0.15) is 0 Å². The second kappa shape index (κ2) is 6.60. The Morgan fingerprint density at radius 3 is 2.83 bits per heavy atom. The summed E-state index contributed by atoms with van der Waals surface area (Å²) in [5.74, 6) is 1.04. The van der Waals surface area contributed by atoms with Crippen LogP contribution in [0.15, 0.2) is 12.4 Å². The molecular formula is C13H16N2O3. The topological polar surface area (TPSA) is 61.2 Å². The lowest BCUT2D eigenvalue weighted by Crippen LogP contribution is -2.27. The van der Waals surface area contributed by atoms with Gasteiger partial charge in [0, 0.05) is 25.9 Å². The molecule has 96 valence electrons. The lowest BCUT2D eigenvalue weighted by atomic mass is 9.97. The highest BCUT2D eigenvalue weighted by molar-refractivity contribution is 6.06. The highest BCUT2D eigenvalue weighted by Crippen LogP contribution is 2.16. The lowest BCUT2D eigenvalue weighted by Gasteiger charge is -2.12. The van der Waals surface area contributed by atoms with Crippen molar-refractivity contribution in [3.63, 3.8) is 0 Å². The fourth-order valence-electron chi connectivity index (χ4n) is 1.67. The standard InChI is InChI=1S/C13H16N2O3/c1-4-5-6-7-10(13(17)18-3)11(16)12-14-8-9-15(12)2/h1,8-10H,5-7H2,2-3H3. The quantitative estimate of drug-likeness (QED) is 0.249. The maximum Gasteiger partial charge on any atom is 0.316 e. The molecule has 0 aliphatic carbocycles. The monoisotopic (exact) mass is 248 g/mol. The molecule has 0 aliphatic rings. The molecular weight excluding hydrogens is 232 g/mol. The molecule has 0 spiro atoms. The van der Waals surface area contributed by atoms with E-state index in [1.54, 1.807) is 17.8 Å². The molecule has 1 unspecified atom stereocenters. The van der Waals surface area contributed by atoms with E-state index in [2.05, 4.69) is 15.6 Å². The molecule has 0 bridgehead atoms. The minimum atomic E-state index is -0.829. The highest BCUT2D eigenvalue weighted by Gasteiger charge is 2.30. The maximum atomic E-state index is 12.2. The molecule has 0 N–H and O–H groups in total. The van der Waals surface area contributed by atoms with Crippen molar-refractivity contribution in [2.24, 2.45) is 13.0 Å². The van der Waals surface area contributed by atoms with Gasteiger partial charge in [0.15, 0.2) is 5.82 Å². The van der Waals surface area contributed by atoms with E-state index in [1.165, 1.54) is 13.3 Å². The van der Waals surface area contributed by atoms with E-state index in [0.29, 0.717) is 19.3 Å². The Bertz CT molecular complexity index is 471. The number of esters is 1. The second-order valence-corrected chi connectivity index (χ2v) is 3.90. The molecule has 0 aromatic carbocycles. The number of imidazole rings is 1. The smallest absolute Gasteiger partial charge is 0.316 e. The summed E-state index contributed by atoms with van der Waals surface area (Å²) in [4.78, 5) is 27.8. The van der Waals surface area contributed by atoms with Crippen LogP contribution in [0, 0.1) is 18.3 Å². The molecule has 0 saturated carbocycles. The summed E-state index contributed by atoms with van der Waals surface area (Å²) < 4.78 is 6.24. The van der Waals surface area contributed by atoms with E-state index >= 15 is 0 Å². The first-order valence-corrected chi connectivity index (χ1v) is 5.64. The Morgan fingerprint density at radius 2 is 2.33 bits per heavy atom. The fraction of sp³-hybridized carbons (Fsp3) is 0.462. The van der Waals surface area contributed by atoms with Crippen molar-refractivity contribution in [3.8, 4) is 12.3 Å². The van der Waals surface area contributed by atoms with Crippen LogP contribution in [0.25, 0.3) is 0 Å². The first-order chi connectivity index (χ1) is 8.61. The fourth-order valence-corrected chi connectivity index (χ4v) is 1.67. The van der Waals surface area contributed by atoms with Crippen molar-refractivity contribution in [3.05, 3.63) is 18.2 Å². The van der Waals surface area contributed by atoms with Crippen molar-refractivity contribution in [1.29, 1.82) is 0 Å². The molecule has 0 fully saturated rings. The zero-order valence-electron chi connectivity index (χ0n) is 10.5. The average molecular weight is 248 g/mol. The molecule has 18 heavy (non-hydrogen) atoms. The summed E-state index contributed by atoms with van der Waals surface area (Å²) in [6, 6.07) is 0. The first kappa shape index (κ1) is 14.0. The van der Waals surface area contributed by atoms with Gasteiger partial charge in [0.25, 0.3) is 0 Å². The molecule has 1 atom stereocenters. The van der Waals surface area contributed by atoms with Crippen LogP contribution in [0.1, 0.15) is 29.9 Å². The molecule has 1 heterocycles. The molecule has 5 heteroatoms. The van der Waals surface area contributed by atoms with Gasteiger partial charge in [-0.15, -0.1) is 12.3 Å². The Balaban J connectivity index is 2.83. The van der Waals surface area contributed by atoms with Gasteiger partial charge in [-0.05, 0) is 12.8 Å². The van der Waals surface area contributed by atoms with Crippen molar-refractivity contribution in [1.82, 2.24) is 9.55 Å². The SMILES string of the molecule is C#CCCCC(C(=O)OC)C(=O)c1nccn1C. The Labute approximate surface area is 106 Å². The van der Waals surface area contributed by atoms with Gasteiger partial charge in [0.2, 0.25) is 5.78 Å². The third-order valence-corrected chi connectivity index (χ3v) is 2.66. The van der Waals surface area contributed by atoms with Gasteiger partial charge in [-0.25, -0.2) is 4.98 Å². The van der Waals surface area contributed by atoms with Crippen LogP contribution in [0.4, 0.5) is 0 Å². The number of carbonyl (C=O) groups excluding carboxylic acids is 2. The number of ketones is 1. The van der Waals surface area contributed by atoms with Crippen molar-refractivity contribution in [2.75, 3.05) is 7.11 Å². The third kappa shape index (κ3) is 3.20. The number of methoxy groups -OCH3 is 1. The summed E-state index contributed by atoms with van der Waals surface area (Å²) in [6.45, 7) is 0. The number of Topliss-reactive ketones (excluding diaryl/α,β-unsaturated/α-hetero) is 1. The summed E-state index contributed by atoms with van der Waals surface area (Å²) in [5, 5.41) is 0. The van der Waals surface area contributed by atoms with Crippen LogP contribution < -0.4 is 0 Å². The molecule has 0 amide bonds. The van der Waals surface area contributed by atoms with Crippen LogP contribution in [0.5, 0.6) is 0 Å². The van der Waals surface area contributed by atoms with E-state index in [9.17, 15) is 9.59 Å². The molecule has 0 aliphatic heterocycles. The van der Waals surface area contributed by atoms with Gasteiger partial charge in [0.1, 0.15) is 5.92 Å². The number of hydrogen-bond acceptors (Lipinski definition) is 4. The summed E-state index contributed by atoms with van der Waals surface area (Å²) in [6.07, 6.45) is 9.83. The van der Waals surface area contributed by atoms with Crippen LogP contribution in [-0.2, 0) is 16.6 Å². The number of unbranched alkanes of at least 4 members (excludes halogenated alkanes) is 1. The van der Waals surface area contributed by atoms with Gasteiger partial charge in [-0.1, -0.05) is 0 Å². The van der Waals surface area contributed by atoms with E-state index in [-0.39, 0.29) is 11.6 Å². The van der Waals surface area contributed by atoms with E-state index in [4.69, 9.17) is 6.42 Å². The number of hydrogen-bond donors (Lipinski definition) is 0. The molecule has 5 nitrogen and oxygen atoms in total. The molecule has 1 aromatic rings.